The van der Waals surface area contributed by atoms with Gasteiger partial charge in [0.15, 0.2) is 5.78 Å². The predicted molar refractivity (Wildman–Crippen MR) is 170 cm³/mol. The molecule has 4 atom stereocenters. The third-order valence-electron chi connectivity index (χ3n) is 10.6. The molecule has 2 aromatic heterocycles. The number of ketones is 1. The lowest BCUT2D eigenvalue weighted by Gasteiger charge is -2.28. The molecule has 2 saturated carbocycles. The molecule has 0 bridgehead atoms. The summed E-state index contributed by atoms with van der Waals surface area (Å²) in [6.45, 7) is 10.4. The molecule has 2 amide bonds. The second kappa shape index (κ2) is 11.7. The highest BCUT2D eigenvalue weighted by atomic mass is 16.2. The molecular weight excluding hydrogens is 552 g/mol. The molecule has 6 rings (SSSR count). The molecule has 1 aliphatic heterocycles. The molecule has 3 fully saturated rings. The van der Waals surface area contributed by atoms with Gasteiger partial charge in [-0.05, 0) is 67.7 Å². The highest BCUT2D eigenvalue weighted by Crippen LogP contribution is 2.88. The lowest BCUT2D eigenvalue weighted by Crippen LogP contribution is -2.50. The lowest BCUT2D eigenvalue weighted by molar-refractivity contribution is -0.141. The quantitative estimate of drug-likeness (QED) is 0.181. The third-order valence-corrected chi connectivity index (χ3v) is 10.6. The normalized spacial score (nSPS) is 24.7. The largest absolute Gasteiger partial charge is 0.354 e. The van der Waals surface area contributed by atoms with Gasteiger partial charge in [-0.15, -0.1) is 0 Å². The molecule has 1 aromatic carbocycles. The molecule has 2 aliphatic carbocycles. The predicted octanol–water partition coefficient (Wildman–Crippen LogP) is 5.95. The number of carbonyl (C=O) groups is 3. The van der Waals surface area contributed by atoms with Crippen LogP contribution in [-0.4, -0.2) is 60.4 Å². The zero-order chi connectivity index (χ0) is 31.2. The Morgan fingerprint density at radius 3 is 2.30 bits per heavy atom. The smallest absolute Gasteiger partial charge is 0.245 e. The van der Waals surface area contributed by atoms with Crippen LogP contribution < -0.4 is 5.32 Å². The molecule has 3 aliphatic rings. The Labute approximate surface area is 260 Å². The monoisotopic (exact) mass is 598 g/mol. The summed E-state index contributed by atoms with van der Waals surface area (Å²) in [6.07, 6.45) is 15.0. The van der Waals surface area contributed by atoms with Crippen molar-refractivity contribution in [1.82, 2.24) is 30.0 Å². The van der Waals surface area contributed by atoms with Gasteiger partial charge in [0.25, 0.3) is 0 Å². The zero-order valence-corrected chi connectivity index (χ0v) is 26.9. The van der Waals surface area contributed by atoms with E-state index >= 15 is 0 Å². The van der Waals surface area contributed by atoms with E-state index in [2.05, 4.69) is 34.2 Å². The number of unbranched alkanes of at least 4 members (excludes halogenated alkanes) is 7. The minimum absolute atomic E-state index is 0.00995. The zero-order valence-electron chi connectivity index (χ0n) is 26.9. The van der Waals surface area contributed by atoms with Gasteiger partial charge in [-0.1, -0.05) is 58.8 Å². The van der Waals surface area contributed by atoms with E-state index in [0.29, 0.717) is 35.8 Å². The summed E-state index contributed by atoms with van der Waals surface area (Å²) in [5, 5.41) is 8.52. The molecule has 1 spiro atoms. The summed E-state index contributed by atoms with van der Waals surface area (Å²) < 4.78 is 1.67. The van der Waals surface area contributed by atoms with Crippen molar-refractivity contribution >= 4 is 28.5 Å². The number of aryl methyl sites for hydroxylation is 2. The molecule has 1 unspecified atom stereocenters. The summed E-state index contributed by atoms with van der Waals surface area (Å²) in [6, 6.07) is 3.50. The molecule has 44 heavy (non-hydrogen) atoms. The average molecular weight is 599 g/mol. The Hall–Kier alpha value is -3.62. The first-order valence-electron chi connectivity index (χ1n) is 16.5. The molecule has 1 N–H and O–H groups in total. The highest BCUT2D eigenvalue weighted by Gasteiger charge is 2.93. The maximum Gasteiger partial charge on any atom is 0.245 e. The van der Waals surface area contributed by atoms with Crippen molar-refractivity contribution < 1.29 is 14.4 Å². The second-order valence-electron chi connectivity index (χ2n) is 13.6. The molecular formula is C35H46N6O3. The topological polar surface area (TPSA) is 110 Å². The summed E-state index contributed by atoms with van der Waals surface area (Å²) >= 11 is 0. The minimum Gasteiger partial charge on any atom is -0.354 e. The molecule has 3 heterocycles. The Bertz CT molecular complexity index is 1600. The number of rotatable bonds is 14. The Morgan fingerprint density at radius 1 is 0.955 bits per heavy atom. The minimum atomic E-state index is -0.455. The average Bonchev–Trinajstić information content (AvgIpc) is 3.77. The molecule has 9 heteroatoms. The maximum absolute atomic E-state index is 14.1. The fourth-order valence-corrected chi connectivity index (χ4v) is 8.06. The van der Waals surface area contributed by atoms with Crippen LogP contribution in [0.1, 0.15) is 107 Å². The van der Waals surface area contributed by atoms with Gasteiger partial charge < -0.3 is 10.2 Å². The highest BCUT2D eigenvalue weighted by molar-refractivity contribution is 6.07. The molecule has 0 radical (unpaired) electrons. The van der Waals surface area contributed by atoms with Crippen molar-refractivity contribution in [3.8, 4) is 11.1 Å². The number of likely N-dealkylation sites (tertiary alicyclic amines) is 1. The lowest BCUT2D eigenvalue weighted by atomic mass is 9.91. The molecule has 9 nitrogen and oxygen atoms in total. The Kier molecular flexibility index (Phi) is 8.09. The van der Waals surface area contributed by atoms with Crippen LogP contribution in [0.2, 0.25) is 0 Å². The van der Waals surface area contributed by atoms with Gasteiger partial charge in [0.05, 0.1) is 11.1 Å². The number of amides is 2. The number of nitrogens with one attached hydrogen (secondary N) is 1. The molecule has 1 saturated heterocycles. The van der Waals surface area contributed by atoms with E-state index in [9.17, 15) is 14.4 Å². The number of nitrogens with zero attached hydrogens (tertiary/aromatic N) is 5. The van der Waals surface area contributed by atoms with Gasteiger partial charge in [0.2, 0.25) is 11.8 Å². The van der Waals surface area contributed by atoms with Gasteiger partial charge in [-0.3, -0.25) is 19.1 Å². The van der Waals surface area contributed by atoms with Gasteiger partial charge >= 0.3 is 0 Å². The SMILES string of the molecule is CCCCCCCCCCNC(=O)[C@@H]1C[C@@]2(C)C3C[C@]32N1C(=O)Cn1nc(C(C)=O)c2cc(-c3cnc(C)nc3)cc(C)c21. The van der Waals surface area contributed by atoms with Crippen molar-refractivity contribution in [3.05, 3.63) is 41.6 Å². The van der Waals surface area contributed by atoms with Crippen LogP contribution >= 0.6 is 0 Å². The number of piperidine rings is 1. The second-order valence-corrected chi connectivity index (χ2v) is 13.6. The van der Waals surface area contributed by atoms with Crippen LogP contribution in [0.4, 0.5) is 0 Å². The van der Waals surface area contributed by atoms with Crippen LogP contribution in [0, 0.1) is 25.2 Å². The van der Waals surface area contributed by atoms with E-state index in [-0.39, 0.29) is 35.1 Å². The summed E-state index contributed by atoms with van der Waals surface area (Å²) in [7, 11) is 0. The first-order chi connectivity index (χ1) is 21.1. The van der Waals surface area contributed by atoms with E-state index in [1.165, 1.54) is 45.4 Å². The first kappa shape index (κ1) is 30.4. The van der Waals surface area contributed by atoms with Crippen LogP contribution in [0.15, 0.2) is 24.5 Å². The summed E-state index contributed by atoms with van der Waals surface area (Å²) in [5.74, 6) is 0.877. The summed E-state index contributed by atoms with van der Waals surface area (Å²) in [4.78, 5) is 50.8. The van der Waals surface area contributed by atoms with E-state index in [1.54, 1.807) is 17.1 Å². The maximum atomic E-state index is 14.1. The molecule has 3 aromatic rings. The number of hydrogen-bond acceptors (Lipinski definition) is 6. The van der Waals surface area contributed by atoms with Crippen molar-refractivity contribution in [3.63, 3.8) is 0 Å². The van der Waals surface area contributed by atoms with Crippen LogP contribution in [0.3, 0.4) is 0 Å². The number of carbonyl (C=O) groups excluding carboxylic acids is 3. The van der Waals surface area contributed by atoms with Crippen LogP contribution in [0.5, 0.6) is 0 Å². The summed E-state index contributed by atoms with van der Waals surface area (Å²) in [5.41, 5.74) is 3.59. The van der Waals surface area contributed by atoms with E-state index in [1.807, 2.05) is 30.9 Å². The fourth-order valence-electron chi connectivity index (χ4n) is 8.06. The number of hydrogen-bond donors (Lipinski definition) is 1. The van der Waals surface area contributed by atoms with Gasteiger partial charge in [-0.25, -0.2) is 9.97 Å². The van der Waals surface area contributed by atoms with Crippen LogP contribution in [-0.2, 0) is 16.1 Å². The van der Waals surface area contributed by atoms with Gasteiger partial charge in [-0.2, -0.15) is 5.10 Å². The number of benzene rings is 1. The van der Waals surface area contributed by atoms with Gasteiger partial charge in [0, 0.05) is 36.8 Å². The number of aromatic nitrogens is 4. The van der Waals surface area contributed by atoms with Crippen molar-refractivity contribution in [1.29, 1.82) is 0 Å². The molecule has 234 valence electrons. The van der Waals surface area contributed by atoms with Crippen LogP contribution in [0.25, 0.3) is 22.0 Å². The van der Waals surface area contributed by atoms with Crippen molar-refractivity contribution in [2.75, 3.05) is 6.54 Å². The van der Waals surface area contributed by atoms with E-state index in [0.717, 1.165) is 41.5 Å². The Balaban J connectivity index is 1.17. The van der Waals surface area contributed by atoms with Crippen molar-refractivity contribution in [2.24, 2.45) is 11.3 Å². The first-order valence-corrected chi connectivity index (χ1v) is 16.5. The Morgan fingerprint density at radius 2 is 1.64 bits per heavy atom. The fraction of sp³-hybridized carbons (Fsp3) is 0.600. The third kappa shape index (κ3) is 5.12. The number of Topliss-reactive ketones (excluding diaryl/α,β-unsaturated/α-hetero) is 1. The standard InChI is InChI=1S/C35H46N6O3/c1-6-7-8-9-10-11-12-13-14-36-33(44)28-17-34(5)29-18-35(29,34)41(28)30(43)21-40-32-22(2)15-25(26-19-37-24(4)38-20-26)16-27(32)31(39-40)23(3)42/h15-16,19-20,28-29H,6-14,17-18,21H2,1-5H3,(H,36,44)/t28-,29?,34-,35-/m0/s1. The van der Waals surface area contributed by atoms with Crippen molar-refractivity contribution in [2.45, 2.75) is 117 Å². The van der Waals surface area contributed by atoms with Gasteiger partial charge in [0.1, 0.15) is 24.1 Å². The number of fused-ring (bicyclic) bond motifs is 2. The van der Waals surface area contributed by atoms with E-state index < -0.39 is 6.04 Å². The van der Waals surface area contributed by atoms with E-state index in [4.69, 9.17) is 0 Å².